The number of hydrogen-bond donors (Lipinski definition) is 9. The van der Waals surface area contributed by atoms with Gasteiger partial charge < -0.3 is 52.2 Å². The van der Waals surface area contributed by atoms with E-state index in [-0.39, 0.29) is 62.2 Å². The first-order valence-corrected chi connectivity index (χ1v) is 26.4. The van der Waals surface area contributed by atoms with E-state index in [1.165, 1.54) is 0 Å². The van der Waals surface area contributed by atoms with E-state index in [4.69, 9.17) is 4.74 Å². The molecule has 9 N–H and O–H groups in total. The van der Waals surface area contributed by atoms with Gasteiger partial charge in [-0.05, 0) is 80.5 Å². The Kier molecular flexibility index (Phi) is 30.0. The molecule has 0 spiro atoms. The van der Waals surface area contributed by atoms with Gasteiger partial charge in [-0.1, -0.05) is 122 Å². The first kappa shape index (κ1) is 64.7. The van der Waals surface area contributed by atoms with E-state index in [0.29, 0.717) is 18.8 Å². The molecule has 0 aromatic carbocycles. The zero-order chi connectivity index (χ0) is 54.8. The molecular weight excluding hydrogens is 931 g/mol. The predicted octanol–water partition coefficient (Wildman–Crippen LogP) is 4.65. The maximum absolute atomic E-state index is 14.2. The summed E-state index contributed by atoms with van der Waals surface area (Å²) in [6, 6.07) is -9.63. The van der Waals surface area contributed by atoms with Crippen molar-refractivity contribution in [1.29, 1.82) is 0 Å². The Bertz CT molecular complexity index is 1790. The highest BCUT2D eigenvalue weighted by atomic mass is 16.5. The summed E-state index contributed by atoms with van der Waals surface area (Å²) in [5, 5.41) is 38.0. The predicted molar refractivity (Wildman–Crippen MR) is 272 cm³/mol. The monoisotopic (exact) mass is 1020 g/mol. The van der Waals surface area contributed by atoms with Crippen molar-refractivity contribution in [2.45, 2.75) is 234 Å². The highest BCUT2D eigenvalue weighted by Crippen LogP contribution is 2.19. The van der Waals surface area contributed by atoms with Gasteiger partial charge in [0.25, 0.3) is 0 Å². The van der Waals surface area contributed by atoms with Gasteiger partial charge in [-0.2, -0.15) is 0 Å². The quantitative estimate of drug-likeness (QED) is 0.0498. The van der Waals surface area contributed by atoms with Crippen LogP contribution < -0.4 is 37.2 Å². The second kappa shape index (κ2) is 33.4. The lowest BCUT2D eigenvalue weighted by Gasteiger charge is -2.30. The number of carboxylic acids is 2. The van der Waals surface area contributed by atoms with Crippen molar-refractivity contribution in [2.75, 3.05) is 0 Å². The standard InChI is InChI=1S/C52H91N7O13/c1-13-34(12)45-51(70)57-40(28-44(63)64)49(68)55-38(24-31(6)7)48(67)58-41(26-33(10)11)52(71)72-35(20-18-16-14-15-17-19-29(2)3)27-42(60)53-36(21-22-43(61)62)46(65)54-37(23-30(4)5)47(66)56-39(25-32(8)9)50(69)59-45/h29-41,45H,13-28H2,1-12H3,(H,53,60)(H,54,65)(H,55,68)(H,56,66)(H,57,70)(H,58,67)(H,59,69)(H,61,62)(H,63,64). The van der Waals surface area contributed by atoms with Gasteiger partial charge in [-0.15, -0.1) is 0 Å². The van der Waals surface area contributed by atoms with Crippen LogP contribution in [0.3, 0.4) is 0 Å². The summed E-state index contributed by atoms with van der Waals surface area (Å²) in [7, 11) is 0. The van der Waals surface area contributed by atoms with Crippen LogP contribution in [0.15, 0.2) is 0 Å². The van der Waals surface area contributed by atoms with Crippen LogP contribution in [0.25, 0.3) is 0 Å². The van der Waals surface area contributed by atoms with Gasteiger partial charge in [0.2, 0.25) is 41.4 Å². The Labute approximate surface area is 428 Å². The molecule has 1 heterocycles. The van der Waals surface area contributed by atoms with Gasteiger partial charge in [-0.25, -0.2) is 4.79 Å². The second-order valence-electron chi connectivity index (χ2n) is 21.8. The fourth-order valence-electron chi connectivity index (χ4n) is 8.39. The number of carbonyl (C=O) groups excluding carboxylic acids is 8. The number of aliphatic carboxylic acids is 2. The number of unbranched alkanes of at least 4 members (excludes halogenated alkanes) is 4. The maximum atomic E-state index is 14.2. The number of cyclic esters (lactones) is 1. The maximum Gasteiger partial charge on any atom is 0.328 e. The number of carboxylic acid groups (broad SMARTS) is 2. The molecule has 20 nitrogen and oxygen atoms in total. The molecule has 0 saturated carbocycles. The van der Waals surface area contributed by atoms with E-state index in [0.717, 1.165) is 32.1 Å². The molecule has 412 valence electrons. The van der Waals surface area contributed by atoms with Gasteiger partial charge in [0.1, 0.15) is 48.4 Å². The molecule has 0 aromatic rings. The molecule has 1 aliphatic heterocycles. The minimum Gasteiger partial charge on any atom is -0.481 e. The van der Waals surface area contributed by atoms with Crippen LogP contribution in [-0.2, 0) is 52.7 Å². The highest BCUT2D eigenvalue weighted by molar-refractivity contribution is 5.98. The number of carbonyl (C=O) groups is 10. The molecule has 0 radical (unpaired) electrons. The van der Waals surface area contributed by atoms with Gasteiger partial charge in [0, 0.05) is 6.42 Å². The van der Waals surface area contributed by atoms with Crippen LogP contribution in [-0.4, -0.2) is 118 Å². The fraction of sp³-hybridized carbons (Fsp3) is 0.808. The van der Waals surface area contributed by atoms with Crippen molar-refractivity contribution in [1.82, 2.24) is 37.2 Å². The molecule has 20 heteroatoms. The summed E-state index contributed by atoms with van der Waals surface area (Å²) in [6.07, 6.45) is 2.95. The van der Waals surface area contributed by atoms with Gasteiger partial charge >= 0.3 is 17.9 Å². The molecule has 9 unspecified atom stereocenters. The molecule has 7 amide bonds. The van der Waals surface area contributed by atoms with E-state index in [2.05, 4.69) is 51.1 Å². The van der Waals surface area contributed by atoms with Crippen LogP contribution in [0.4, 0.5) is 0 Å². The largest absolute Gasteiger partial charge is 0.481 e. The zero-order valence-corrected chi connectivity index (χ0v) is 45.3. The van der Waals surface area contributed by atoms with Crippen molar-refractivity contribution in [3.63, 3.8) is 0 Å². The number of hydrogen-bond acceptors (Lipinski definition) is 11. The Balaban J connectivity index is 4.03. The molecular formula is C52H91N7O13. The van der Waals surface area contributed by atoms with Gasteiger partial charge in [-0.3, -0.25) is 43.2 Å². The number of amides is 7. The number of esters is 1. The summed E-state index contributed by atoms with van der Waals surface area (Å²) in [5.74, 6) is -10.1. The van der Waals surface area contributed by atoms with Crippen molar-refractivity contribution in [2.24, 2.45) is 35.5 Å². The molecule has 1 saturated heterocycles. The third kappa shape index (κ3) is 26.4. The molecule has 9 atom stereocenters. The number of ether oxygens (including phenoxy) is 1. The molecule has 0 bridgehead atoms. The van der Waals surface area contributed by atoms with E-state index >= 15 is 0 Å². The lowest BCUT2D eigenvalue weighted by Crippen LogP contribution is -2.61. The van der Waals surface area contributed by atoms with Crippen LogP contribution >= 0.6 is 0 Å². The Morgan fingerprint density at radius 1 is 0.486 bits per heavy atom. The summed E-state index contributed by atoms with van der Waals surface area (Å²) in [4.78, 5) is 137. The van der Waals surface area contributed by atoms with Gasteiger partial charge in [0.15, 0.2) is 0 Å². The first-order chi connectivity index (χ1) is 33.6. The number of nitrogens with one attached hydrogen (secondary N) is 7. The second-order valence-corrected chi connectivity index (χ2v) is 21.8. The smallest absolute Gasteiger partial charge is 0.328 e. The third-order valence-corrected chi connectivity index (χ3v) is 12.4. The van der Waals surface area contributed by atoms with Crippen LogP contribution in [0.1, 0.15) is 186 Å². The van der Waals surface area contributed by atoms with E-state index in [1.54, 1.807) is 41.5 Å². The highest BCUT2D eigenvalue weighted by Gasteiger charge is 2.37. The van der Waals surface area contributed by atoms with Crippen LogP contribution in [0.5, 0.6) is 0 Å². The van der Waals surface area contributed by atoms with Crippen molar-refractivity contribution in [3.8, 4) is 0 Å². The summed E-state index contributed by atoms with van der Waals surface area (Å²) < 4.78 is 6.03. The number of rotatable bonds is 23. The molecule has 0 aromatic heterocycles. The first-order valence-electron chi connectivity index (χ1n) is 26.4. The average molecular weight is 1020 g/mol. The van der Waals surface area contributed by atoms with Gasteiger partial charge in [0.05, 0.1) is 12.8 Å². The lowest BCUT2D eigenvalue weighted by atomic mass is 9.95. The molecule has 0 aliphatic carbocycles. The Morgan fingerprint density at radius 2 is 0.903 bits per heavy atom. The average Bonchev–Trinajstić information content (AvgIpc) is 3.26. The minimum absolute atomic E-state index is 0.0396. The summed E-state index contributed by atoms with van der Waals surface area (Å²) >= 11 is 0. The van der Waals surface area contributed by atoms with E-state index in [1.807, 2.05) is 27.7 Å². The molecule has 1 rings (SSSR count). The lowest BCUT2D eigenvalue weighted by molar-refractivity contribution is -0.155. The normalized spacial score (nSPS) is 24.6. The summed E-state index contributed by atoms with van der Waals surface area (Å²) in [6.45, 7) is 22.2. The summed E-state index contributed by atoms with van der Waals surface area (Å²) in [5.41, 5.74) is 0. The van der Waals surface area contributed by atoms with Crippen molar-refractivity contribution >= 4 is 59.3 Å². The third-order valence-electron chi connectivity index (χ3n) is 12.4. The van der Waals surface area contributed by atoms with Crippen molar-refractivity contribution in [3.05, 3.63) is 0 Å². The van der Waals surface area contributed by atoms with Crippen molar-refractivity contribution < 1.29 is 62.9 Å². The molecule has 1 fully saturated rings. The Morgan fingerprint density at radius 3 is 1.36 bits per heavy atom. The molecule has 1 aliphatic rings. The van der Waals surface area contributed by atoms with Crippen LogP contribution in [0.2, 0.25) is 0 Å². The Hall–Kier alpha value is -5.30. The zero-order valence-electron chi connectivity index (χ0n) is 45.3. The van der Waals surface area contributed by atoms with E-state index < -0.39 is 133 Å². The van der Waals surface area contributed by atoms with Crippen LogP contribution in [0, 0.1) is 35.5 Å². The fourth-order valence-corrected chi connectivity index (χ4v) is 8.39. The minimum atomic E-state index is -1.72. The topological polar surface area (TPSA) is 305 Å². The van der Waals surface area contributed by atoms with E-state index in [9.17, 15) is 58.2 Å². The molecule has 72 heavy (non-hydrogen) atoms. The SMILES string of the molecule is CCC(C)C1NC(=O)C(CC(C)C)NC(=O)C(CC(C)C)NC(=O)C(CCC(=O)O)NC(=O)CC(CCCCCCCC(C)C)OC(=O)C(CC(C)C)NC(=O)C(CC(C)C)NC(=O)C(CC(=O)O)NC1=O.